The molecule has 0 heteroatoms. The van der Waals surface area contributed by atoms with Crippen molar-refractivity contribution in [2.24, 2.45) is 0 Å². The Morgan fingerprint density at radius 1 is 0.913 bits per heavy atom. The second-order valence-electron chi connectivity index (χ2n) is 6.63. The Bertz CT molecular complexity index is 760. The van der Waals surface area contributed by atoms with Crippen molar-refractivity contribution in [3.8, 4) is 11.1 Å². The highest BCUT2D eigenvalue weighted by atomic mass is 14.2. The summed E-state index contributed by atoms with van der Waals surface area (Å²) in [6, 6.07) is 11.2. The Morgan fingerprint density at radius 2 is 1.61 bits per heavy atom. The Balaban J connectivity index is 2.75. The van der Waals surface area contributed by atoms with Gasteiger partial charge in [-0.05, 0) is 67.5 Å². The highest BCUT2D eigenvalue weighted by Gasteiger charge is 2.14. The van der Waals surface area contributed by atoms with Gasteiger partial charge in [-0.3, -0.25) is 0 Å². The van der Waals surface area contributed by atoms with Crippen molar-refractivity contribution in [1.29, 1.82) is 0 Å². The molecule has 0 nitrogen and oxygen atoms in total. The molecule has 0 aromatic heterocycles. The van der Waals surface area contributed by atoms with E-state index in [1.807, 2.05) is 0 Å². The molecule has 0 aliphatic carbocycles. The molecule has 0 bridgehead atoms. The van der Waals surface area contributed by atoms with Gasteiger partial charge in [-0.15, -0.1) is 0 Å². The number of aryl methyl sites for hydroxylation is 2. The lowest BCUT2D eigenvalue weighted by molar-refractivity contribution is 0.916. The first-order valence-corrected chi connectivity index (χ1v) is 8.42. The Hall–Kier alpha value is -2.08. The van der Waals surface area contributed by atoms with E-state index in [0.29, 0.717) is 0 Å². The Kier molecular flexibility index (Phi) is 5.26. The van der Waals surface area contributed by atoms with E-state index >= 15 is 0 Å². The van der Waals surface area contributed by atoms with E-state index in [0.717, 1.165) is 24.0 Å². The van der Waals surface area contributed by atoms with Crippen LogP contribution in [0.4, 0.5) is 0 Å². The first-order chi connectivity index (χ1) is 10.9. The van der Waals surface area contributed by atoms with Crippen LogP contribution in [0.15, 0.2) is 43.5 Å². The first-order valence-electron chi connectivity index (χ1n) is 8.42. The van der Waals surface area contributed by atoms with Crippen LogP contribution in [0, 0.1) is 13.8 Å². The maximum absolute atomic E-state index is 4.22. The Labute approximate surface area is 141 Å². The lowest BCUT2D eigenvalue weighted by Gasteiger charge is -2.19. The molecule has 0 saturated heterocycles. The van der Waals surface area contributed by atoms with E-state index in [1.54, 1.807) is 0 Å². The van der Waals surface area contributed by atoms with Crippen LogP contribution in [0.25, 0.3) is 22.3 Å². The van der Waals surface area contributed by atoms with Gasteiger partial charge in [0.1, 0.15) is 0 Å². The first kappa shape index (κ1) is 17.3. The van der Waals surface area contributed by atoms with Crippen LogP contribution in [0.5, 0.6) is 0 Å². The summed E-state index contributed by atoms with van der Waals surface area (Å²) in [6.07, 6.45) is 2.25. The predicted molar refractivity (Wildman–Crippen MR) is 105 cm³/mol. The van der Waals surface area contributed by atoms with Gasteiger partial charge in [0.25, 0.3) is 0 Å². The van der Waals surface area contributed by atoms with Gasteiger partial charge in [0.15, 0.2) is 0 Å². The molecule has 120 valence electrons. The molecular weight excluding hydrogens is 276 g/mol. The van der Waals surface area contributed by atoms with E-state index in [2.05, 4.69) is 78.1 Å². The van der Waals surface area contributed by atoms with Crippen LogP contribution >= 0.6 is 0 Å². The van der Waals surface area contributed by atoms with Crippen LogP contribution in [0.2, 0.25) is 0 Å². The zero-order chi connectivity index (χ0) is 17.1. The van der Waals surface area contributed by atoms with Crippen molar-refractivity contribution in [2.75, 3.05) is 0 Å². The number of benzene rings is 2. The summed E-state index contributed by atoms with van der Waals surface area (Å²) in [7, 11) is 0. The molecule has 0 aliphatic rings. The van der Waals surface area contributed by atoms with Crippen molar-refractivity contribution in [3.63, 3.8) is 0 Å². The van der Waals surface area contributed by atoms with Gasteiger partial charge < -0.3 is 0 Å². The molecule has 23 heavy (non-hydrogen) atoms. The fraction of sp³-hybridized carbons (Fsp3) is 0.304. The summed E-state index contributed by atoms with van der Waals surface area (Å²) >= 11 is 0. The number of hydrogen-bond donors (Lipinski definition) is 0. The molecule has 0 saturated carbocycles. The van der Waals surface area contributed by atoms with Gasteiger partial charge in [-0.1, -0.05) is 73.5 Å². The predicted octanol–water partition coefficient (Wildman–Crippen LogP) is 6.99. The largest absolute Gasteiger partial charge is 0.0955 e. The van der Waals surface area contributed by atoms with Gasteiger partial charge in [0, 0.05) is 0 Å². The van der Waals surface area contributed by atoms with Crippen molar-refractivity contribution < 1.29 is 0 Å². The molecule has 0 fully saturated rings. The van der Waals surface area contributed by atoms with E-state index in [1.165, 1.54) is 38.9 Å². The second kappa shape index (κ2) is 7.00. The van der Waals surface area contributed by atoms with Crippen LogP contribution in [0.3, 0.4) is 0 Å². The van der Waals surface area contributed by atoms with Crippen molar-refractivity contribution in [1.82, 2.24) is 0 Å². The van der Waals surface area contributed by atoms with Crippen molar-refractivity contribution >= 4 is 11.1 Å². The van der Waals surface area contributed by atoms with E-state index in [4.69, 9.17) is 0 Å². The molecule has 0 N–H and O–H groups in total. The van der Waals surface area contributed by atoms with E-state index in [9.17, 15) is 0 Å². The summed E-state index contributed by atoms with van der Waals surface area (Å²) in [5, 5.41) is 0. The lowest BCUT2D eigenvalue weighted by Crippen LogP contribution is -1.99. The topological polar surface area (TPSA) is 0 Å². The summed E-state index contributed by atoms with van der Waals surface area (Å²) in [5.41, 5.74) is 11.4. The molecule has 2 aromatic rings. The minimum absolute atomic E-state index is 1.10. The average Bonchev–Trinajstić information content (AvgIpc) is 2.47. The molecule has 2 aromatic carbocycles. The van der Waals surface area contributed by atoms with Crippen LogP contribution < -0.4 is 0 Å². The molecule has 0 amide bonds. The fourth-order valence-electron chi connectivity index (χ4n) is 3.38. The van der Waals surface area contributed by atoms with E-state index in [-0.39, 0.29) is 0 Å². The number of rotatable bonds is 5. The minimum atomic E-state index is 1.10. The highest BCUT2D eigenvalue weighted by molar-refractivity contribution is 5.85. The minimum Gasteiger partial charge on any atom is -0.0955 e. The molecule has 0 spiro atoms. The summed E-state index contributed by atoms with van der Waals surface area (Å²) in [6.45, 7) is 19.2. The standard InChI is InChI=1S/C23H28/c1-8-9-19-11-13-21(18(7)23(19)16(4)5)22-14-17(6)10-12-20(22)15(2)3/h10-14H,2,4,8-9H2,1,3,5-7H3. The van der Waals surface area contributed by atoms with Crippen LogP contribution in [-0.4, -0.2) is 0 Å². The number of hydrogen-bond acceptors (Lipinski definition) is 0. The molecular formula is C23H28. The van der Waals surface area contributed by atoms with Crippen molar-refractivity contribution in [2.45, 2.75) is 47.5 Å². The quantitative estimate of drug-likeness (QED) is 0.558. The third-order valence-electron chi connectivity index (χ3n) is 4.42. The maximum Gasteiger partial charge on any atom is -0.0103 e. The summed E-state index contributed by atoms with van der Waals surface area (Å²) in [4.78, 5) is 0. The fourth-order valence-corrected chi connectivity index (χ4v) is 3.38. The van der Waals surface area contributed by atoms with Gasteiger partial charge in [0.05, 0.1) is 0 Å². The maximum atomic E-state index is 4.22. The molecule has 0 unspecified atom stereocenters. The highest BCUT2D eigenvalue weighted by Crippen LogP contribution is 2.36. The normalized spacial score (nSPS) is 10.7. The van der Waals surface area contributed by atoms with Crippen molar-refractivity contribution in [3.05, 3.63) is 71.3 Å². The smallest absolute Gasteiger partial charge is 0.0103 e. The van der Waals surface area contributed by atoms with Gasteiger partial charge in [0.2, 0.25) is 0 Å². The van der Waals surface area contributed by atoms with Gasteiger partial charge in [-0.2, -0.15) is 0 Å². The molecule has 0 radical (unpaired) electrons. The lowest BCUT2D eigenvalue weighted by atomic mass is 9.85. The van der Waals surface area contributed by atoms with Crippen LogP contribution in [-0.2, 0) is 6.42 Å². The summed E-state index contributed by atoms with van der Waals surface area (Å²) < 4.78 is 0. The second-order valence-corrected chi connectivity index (χ2v) is 6.63. The van der Waals surface area contributed by atoms with E-state index < -0.39 is 0 Å². The van der Waals surface area contributed by atoms with Gasteiger partial charge in [-0.25, -0.2) is 0 Å². The SMILES string of the molecule is C=C(C)c1ccc(C)cc1-c1ccc(CCC)c(C(=C)C)c1C. The Morgan fingerprint density at radius 3 is 2.17 bits per heavy atom. The van der Waals surface area contributed by atoms with Gasteiger partial charge >= 0.3 is 0 Å². The molecule has 0 aliphatic heterocycles. The zero-order valence-corrected chi connectivity index (χ0v) is 15.2. The monoisotopic (exact) mass is 304 g/mol. The average molecular weight is 304 g/mol. The third kappa shape index (κ3) is 3.47. The zero-order valence-electron chi connectivity index (χ0n) is 15.2. The number of allylic oxidation sites excluding steroid dienone is 2. The summed E-state index contributed by atoms with van der Waals surface area (Å²) in [5.74, 6) is 0. The third-order valence-corrected chi connectivity index (χ3v) is 4.42. The molecule has 0 heterocycles. The molecule has 0 atom stereocenters. The van der Waals surface area contributed by atoms with Crippen LogP contribution in [0.1, 0.15) is 55.0 Å². The molecule has 2 rings (SSSR count).